The van der Waals surface area contributed by atoms with Crippen LogP contribution in [-0.4, -0.2) is 35.8 Å². The van der Waals surface area contributed by atoms with Crippen LogP contribution < -0.4 is 5.32 Å². The zero-order valence-corrected chi connectivity index (χ0v) is 15.4. The molecule has 2 aromatic rings. The van der Waals surface area contributed by atoms with Crippen molar-refractivity contribution in [1.82, 2.24) is 10.2 Å². The third kappa shape index (κ3) is 4.31. The van der Waals surface area contributed by atoms with Crippen LogP contribution in [0.2, 0.25) is 0 Å². The Hall–Kier alpha value is -2.62. The summed E-state index contributed by atoms with van der Waals surface area (Å²) in [5, 5.41) is 3.11. The van der Waals surface area contributed by atoms with Crippen LogP contribution in [0.5, 0.6) is 0 Å². The lowest BCUT2D eigenvalue weighted by Gasteiger charge is -2.32. The molecular formula is C22H26N2O2. The van der Waals surface area contributed by atoms with Gasteiger partial charge in [0.2, 0.25) is 0 Å². The lowest BCUT2D eigenvalue weighted by molar-refractivity contribution is 0.0698. The van der Waals surface area contributed by atoms with Crippen molar-refractivity contribution in [3.63, 3.8) is 0 Å². The Bertz CT molecular complexity index is 745. The summed E-state index contributed by atoms with van der Waals surface area (Å²) < 4.78 is 0. The summed E-state index contributed by atoms with van der Waals surface area (Å²) >= 11 is 0. The van der Waals surface area contributed by atoms with Crippen LogP contribution in [0.4, 0.5) is 0 Å². The summed E-state index contributed by atoms with van der Waals surface area (Å²) in [6.07, 6.45) is 1.57. The Kier molecular flexibility index (Phi) is 5.71. The Morgan fingerprint density at radius 2 is 1.54 bits per heavy atom. The fourth-order valence-electron chi connectivity index (χ4n) is 3.28. The van der Waals surface area contributed by atoms with Crippen molar-refractivity contribution in [3.05, 3.63) is 71.3 Å². The minimum atomic E-state index is -0.0341. The summed E-state index contributed by atoms with van der Waals surface area (Å²) in [7, 11) is 0. The molecule has 2 amide bonds. The van der Waals surface area contributed by atoms with Crippen LogP contribution in [0.25, 0.3) is 0 Å². The number of likely N-dealkylation sites (tertiary alicyclic amines) is 1. The SMILES string of the molecule is CC(C)c1ccc(C(=O)NC2CCN(C(=O)c3ccccc3)CC2)cc1. The maximum absolute atomic E-state index is 12.5. The molecule has 1 heterocycles. The molecular weight excluding hydrogens is 324 g/mol. The standard InChI is InChI=1S/C22H26N2O2/c1-16(2)17-8-10-18(11-9-17)21(25)23-20-12-14-24(15-13-20)22(26)19-6-4-3-5-7-19/h3-11,16,20H,12-15H2,1-2H3,(H,23,25). The highest BCUT2D eigenvalue weighted by atomic mass is 16.2. The molecule has 0 saturated carbocycles. The number of piperidine rings is 1. The molecule has 1 saturated heterocycles. The maximum atomic E-state index is 12.5. The van der Waals surface area contributed by atoms with E-state index in [1.807, 2.05) is 59.5 Å². The molecule has 1 aliphatic rings. The lowest BCUT2D eigenvalue weighted by Crippen LogP contribution is -2.46. The van der Waals surface area contributed by atoms with E-state index in [-0.39, 0.29) is 17.9 Å². The molecule has 0 spiro atoms. The Morgan fingerprint density at radius 3 is 2.12 bits per heavy atom. The molecule has 4 nitrogen and oxygen atoms in total. The third-order valence-corrected chi connectivity index (χ3v) is 4.98. The molecule has 26 heavy (non-hydrogen) atoms. The Balaban J connectivity index is 1.52. The number of hydrogen-bond donors (Lipinski definition) is 1. The monoisotopic (exact) mass is 350 g/mol. The highest BCUT2D eigenvalue weighted by Gasteiger charge is 2.24. The van der Waals surface area contributed by atoms with E-state index in [1.54, 1.807) is 0 Å². The molecule has 136 valence electrons. The summed E-state index contributed by atoms with van der Waals surface area (Å²) in [4.78, 5) is 26.8. The van der Waals surface area contributed by atoms with Gasteiger partial charge >= 0.3 is 0 Å². The second-order valence-electron chi connectivity index (χ2n) is 7.18. The van der Waals surface area contributed by atoms with Gasteiger partial charge in [0.15, 0.2) is 0 Å². The number of nitrogens with one attached hydrogen (secondary N) is 1. The van der Waals surface area contributed by atoms with Crippen molar-refractivity contribution in [1.29, 1.82) is 0 Å². The first-order valence-electron chi connectivity index (χ1n) is 9.29. The van der Waals surface area contributed by atoms with E-state index >= 15 is 0 Å². The number of carbonyl (C=O) groups excluding carboxylic acids is 2. The van der Waals surface area contributed by atoms with E-state index in [0.717, 1.165) is 18.4 Å². The Morgan fingerprint density at radius 1 is 0.923 bits per heavy atom. The van der Waals surface area contributed by atoms with Gasteiger partial charge in [-0.05, 0) is 48.6 Å². The Labute approximate surface area is 155 Å². The first-order valence-corrected chi connectivity index (χ1v) is 9.29. The van der Waals surface area contributed by atoms with Gasteiger partial charge in [-0.15, -0.1) is 0 Å². The molecule has 0 aliphatic carbocycles. The quantitative estimate of drug-likeness (QED) is 0.911. The lowest BCUT2D eigenvalue weighted by atomic mass is 10.0. The van der Waals surface area contributed by atoms with Gasteiger partial charge in [0.25, 0.3) is 11.8 Å². The van der Waals surface area contributed by atoms with E-state index in [2.05, 4.69) is 19.2 Å². The summed E-state index contributed by atoms with van der Waals surface area (Å²) in [6, 6.07) is 17.3. The molecule has 0 aromatic heterocycles. The number of hydrogen-bond acceptors (Lipinski definition) is 2. The number of carbonyl (C=O) groups is 2. The second-order valence-corrected chi connectivity index (χ2v) is 7.18. The molecule has 3 rings (SSSR count). The van der Waals surface area contributed by atoms with Gasteiger partial charge < -0.3 is 10.2 Å². The van der Waals surface area contributed by atoms with Crippen LogP contribution in [0, 0.1) is 0 Å². The number of amides is 2. The zero-order valence-electron chi connectivity index (χ0n) is 15.4. The highest BCUT2D eigenvalue weighted by Crippen LogP contribution is 2.17. The van der Waals surface area contributed by atoms with Crippen molar-refractivity contribution in [2.24, 2.45) is 0 Å². The van der Waals surface area contributed by atoms with Crippen LogP contribution in [-0.2, 0) is 0 Å². The molecule has 0 unspecified atom stereocenters. The van der Waals surface area contributed by atoms with E-state index in [4.69, 9.17) is 0 Å². The average Bonchev–Trinajstić information content (AvgIpc) is 2.68. The molecule has 0 radical (unpaired) electrons. The normalized spacial score (nSPS) is 15.1. The van der Waals surface area contributed by atoms with E-state index < -0.39 is 0 Å². The van der Waals surface area contributed by atoms with Crippen molar-refractivity contribution in [2.75, 3.05) is 13.1 Å². The fourth-order valence-corrected chi connectivity index (χ4v) is 3.28. The number of rotatable bonds is 4. The molecule has 1 aliphatic heterocycles. The van der Waals surface area contributed by atoms with Gasteiger partial charge in [0.05, 0.1) is 0 Å². The van der Waals surface area contributed by atoms with E-state index in [9.17, 15) is 9.59 Å². The second kappa shape index (κ2) is 8.17. The number of nitrogens with zero attached hydrogens (tertiary/aromatic N) is 1. The molecule has 2 aromatic carbocycles. The minimum absolute atomic E-state index is 0.0341. The maximum Gasteiger partial charge on any atom is 0.253 e. The average molecular weight is 350 g/mol. The van der Waals surface area contributed by atoms with Crippen LogP contribution in [0.15, 0.2) is 54.6 Å². The predicted octanol–water partition coefficient (Wildman–Crippen LogP) is 3.84. The number of benzene rings is 2. The predicted molar refractivity (Wildman–Crippen MR) is 103 cm³/mol. The smallest absolute Gasteiger partial charge is 0.253 e. The van der Waals surface area contributed by atoms with Crippen molar-refractivity contribution in [3.8, 4) is 0 Å². The van der Waals surface area contributed by atoms with Crippen molar-refractivity contribution in [2.45, 2.75) is 38.6 Å². The molecule has 0 bridgehead atoms. The van der Waals surface area contributed by atoms with Crippen LogP contribution in [0.3, 0.4) is 0 Å². The summed E-state index contributed by atoms with van der Waals surface area (Å²) in [5.74, 6) is 0.492. The molecule has 0 atom stereocenters. The van der Waals surface area contributed by atoms with Crippen molar-refractivity contribution < 1.29 is 9.59 Å². The third-order valence-electron chi connectivity index (χ3n) is 4.98. The topological polar surface area (TPSA) is 49.4 Å². The minimum Gasteiger partial charge on any atom is -0.349 e. The van der Waals surface area contributed by atoms with Gasteiger partial charge in [0, 0.05) is 30.3 Å². The summed E-state index contributed by atoms with van der Waals surface area (Å²) in [5.41, 5.74) is 2.65. The van der Waals surface area contributed by atoms with Gasteiger partial charge in [-0.2, -0.15) is 0 Å². The van der Waals surface area contributed by atoms with Gasteiger partial charge in [0.1, 0.15) is 0 Å². The van der Waals surface area contributed by atoms with Gasteiger partial charge in [-0.25, -0.2) is 0 Å². The first-order chi connectivity index (χ1) is 12.5. The van der Waals surface area contributed by atoms with E-state index in [1.165, 1.54) is 5.56 Å². The van der Waals surface area contributed by atoms with Crippen LogP contribution in [0.1, 0.15) is 58.9 Å². The largest absolute Gasteiger partial charge is 0.349 e. The van der Waals surface area contributed by atoms with Gasteiger partial charge in [-0.1, -0.05) is 44.2 Å². The van der Waals surface area contributed by atoms with Crippen LogP contribution >= 0.6 is 0 Å². The van der Waals surface area contributed by atoms with Gasteiger partial charge in [-0.3, -0.25) is 9.59 Å². The highest BCUT2D eigenvalue weighted by molar-refractivity contribution is 5.95. The molecule has 1 fully saturated rings. The first kappa shape index (κ1) is 18.2. The zero-order chi connectivity index (χ0) is 18.5. The molecule has 1 N–H and O–H groups in total. The van der Waals surface area contributed by atoms with Crippen molar-refractivity contribution >= 4 is 11.8 Å². The fraction of sp³-hybridized carbons (Fsp3) is 0.364. The molecule has 4 heteroatoms. The van der Waals surface area contributed by atoms with E-state index in [0.29, 0.717) is 24.6 Å². The summed E-state index contributed by atoms with van der Waals surface area (Å²) in [6.45, 7) is 5.62.